The lowest BCUT2D eigenvalue weighted by Crippen LogP contribution is -2.38. The Morgan fingerprint density at radius 2 is 2.00 bits per heavy atom. The van der Waals surface area contributed by atoms with Crippen LogP contribution < -0.4 is 10.6 Å². The van der Waals surface area contributed by atoms with Crippen molar-refractivity contribution in [2.45, 2.75) is 6.42 Å². The molecule has 68 valence electrons. The highest BCUT2D eigenvalue weighted by atomic mass is 15.2. The predicted octanol–water partition coefficient (Wildman–Crippen LogP) is 1.18. The number of nitrogen functional groups attached to an aromatic ring is 1. The zero-order chi connectivity index (χ0) is 9.26. The molecule has 1 aliphatic rings. The molecule has 1 fully saturated rings. The maximum absolute atomic E-state index is 7.42. The summed E-state index contributed by atoms with van der Waals surface area (Å²) < 4.78 is 0. The molecule has 2 rings (SSSR count). The minimum Gasteiger partial charge on any atom is -0.384 e. The Morgan fingerprint density at radius 1 is 1.31 bits per heavy atom. The number of anilines is 1. The van der Waals surface area contributed by atoms with Crippen LogP contribution in [0.4, 0.5) is 5.69 Å². The van der Waals surface area contributed by atoms with Crippen molar-refractivity contribution in [3.05, 3.63) is 29.8 Å². The van der Waals surface area contributed by atoms with E-state index in [-0.39, 0.29) is 5.84 Å². The summed E-state index contributed by atoms with van der Waals surface area (Å²) >= 11 is 0. The van der Waals surface area contributed by atoms with Crippen molar-refractivity contribution in [3.63, 3.8) is 0 Å². The highest BCUT2D eigenvalue weighted by Gasteiger charge is 2.17. The second kappa shape index (κ2) is 3.09. The largest absolute Gasteiger partial charge is 0.384 e. The lowest BCUT2D eigenvalue weighted by atomic mass is 10.1. The molecular weight excluding hydrogens is 162 g/mol. The molecule has 0 atom stereocenters. The van der Waals surface area contributed by atoms with Gasteiger partial charge in [-0.25, -0.2) is 0 Å². The molecule has 3 N–H and O–H groups in total. The van der Waals surface area contributed by atoms with Gasteiger partial charge in [0.1, 0.15) is 5.84 Å². The van der Waals surface area contributed by atoms with Crippen LogP contribution in [0.15, 0.2) is 24.3 Å². The van der Waals surface area contributed by atoms with Crippen LogP contribution in [0.5, 0.6) is 0 Å². The van der Waals surface area contributed by atoms with Crippen molar-refractivity contribution in [3.8, 4) is 0 Å². The molecule has 1 saturated heterocycles. The van der Waals surface area contributed by atoms with Crippen molar-refractivity contribution < 1.29 is 0 Å². The summed E-state index contributed by atoms with van der Waals surface area (Å²) in [7, 11) is 0. The fraction of sp³-hybridized carbons (Fsp3) is 0.300. The number of rotatable bonds is 2. The average Bonchev–Trinajstić information content (AvgIpc) is 2.02. The first kappa shape index (κ1) is 8.10. The van der Waals surface area contributed by atoms with Crippen LogP contribution in [-0.2, 0) is 0 Å². The van der Waals surface area contributed by atoms with Gasteiger partial charge in [0.2, 0.25) is 0 Å². The Balaban J connectivity index is 2.36. The second-order valence-electron chi connectivity index (χ2n) is 3.27. The third-order valence-corrected chi connectivity index (χ3v) is 2.39. The molecule has 0 aliphatic carbocycles. The molecule has 3 heteroatoms. The third-order valence-electron chi connectivity index (χ3n) is 2.39. The van der Waals surface area contributed by atoms with Gasteiger partial charge in [-0.2, -0.15) is 0 Å². The highest BCUT2D eigenvalue weighted by molar-refractivity contribution is 6.00. The van der Waals surface area contributed by atoms with Gasteiger partial charge in [0.25, 0.3) is 0 Å². The summed E-state index contributed by atoms with van der Waals surface area (Å²) in [6.07, 6.45) is 1.24. The summed E-state index contributed by atoms with van der Waals surface area (Å²) in [5, 5.41) is 7.42. The van der Waals surface area contributed by atoms with Crippen molar-refractivity contribution in [1.29, 1.82) is 5.41 Å². The molecule has 0 bridgehead atoms. The van der Waals surface area contributed by atoms with E-state index in [1.807, 2.05) is 24.3 Å². The smallest absolute Gasteiger partial charge is 0.124 e. The lowest BCUT2D eigenvalue weighted by molar-refractivity contribution is 0.617. The van der Waals surface area contributed by atoms with Crippen LogP contribution in [-0.4, -0.2) is 18.9 Å². The van der Waals surface area contributed by atoms with E-state index < -0.39 is 0 Å². The zero-order valence-corrected chi connectivity index (χ0v) is 7.46. The molecule has 0 saturated carbocycles. The first-order chi connectivity index (χ1) is 6.29. The number of benzene rings is 1. The Kier molecular flexibility index (Phi) is 1.93. The zero-order valence-electron chi connectivity index (χ0n) is 7.46. The predicted molar refractivity (Wildman–Crippen MR) is 54.3 cm³/mol. The average molecular weight is 175 g/mol. The maximum atomic E-state index is 7.42. The Bertz CT molecular complexity index is 329. The SMILES string of the molecule is N=C(N)c1ccccc1N1CCC1. The number of nitrogens with one attached hydrogen (secondary N) is 1. The lowest BCUT2D eigenvalue weighted by Gasteiger charge is -2.34. The van der Waals surface area contributed by atoms with E-state index in [0.29, 0.717) is 0 Å². The first-order valence-corrected chi connectivity index (χ1v) is 4.47. The molecule has 0 spiro atoms. The van der Waals surface area contributed by atoms with E-state index in [0.717, 1.165) is 24.3 Å². The van der Waals surface area contributed by atoms with E-state index in [1.54, 1.807) is 0 Å². The summed E-state index contributed by atoms with van der Waals surface area (Å²) in [5.74, 6) is 0.155. The normalized spacial score (nSPS) is 15.2. The topological polar surface area (TPSA) is 53.1 Å². The van der Waals surface area contributed by atoms with E-state index in [4.69, 9.17) is 11.1 Å². The standard InChI is InChI=1S/C10H13N3/c11-10(12)8-4-1-2-5-9(8)13-6-3-7-13/h1-2,4-5H,3,6-7H2,(H3,11,12). The number of nitrogens with zero attached hydrogens (tertiary/aromatic N) is 1. The number of amidine groups is 1. The molecule has 0 aromatic heterocycles. The van der Waals surface area contributed by atoms with Crippen LogP contribution in [0.1, 0.15) is 12.0 Å². The van der Waals surface area contributed by atoms with Crippen molar-refractivity contribution in [1.82, 2.24) is 0 Å². The first-order valence-electron chi connectivity index (χ1n) is 4.47. The van der Waals surface area contributed by atoms with Gasteiger partial charge in [-0.1, -0.05) is 12.1 Å². The fourth-order valence-electron chi connectivity index (χ4n) is 1.53. The minimum atomic E-state index is 0.155. The summed E-state index contributed by atoms with van der Waals surface area (Å²) in [5.41, 5.74) is 7.44. The minimum absolute atomic E-state index is 0.155. The summed E-state index contributed by atoms with van der Waals surface area (Å²) in [6.45, 7) is 2.18. The molecule has 1 heterocycles. The van der Waals surface area contributed by atoms with E-state index in [2.05, 4.69) is 4.90 Å². The van der Waals surface area contributed by atoms with Crippen molar-refractivity contribution >= 4 is 11.5 Å². The van der Waals surface area contributed by atoms with Crippen molar-refractivity contribution in [2.75, 3.05) is 18.0 Å². The Labute approximate surface area is 77.7 Å². The van der Waals surface area contributed by atoms with Gasteiger partial charge in [0, 0.05) is 24.3 Å². The van der Waals surface area contributed by atoms with E-state index in [1.165, 1.54) is 6.42 Å². The van der Waals surface area contributed by atoms with Crippen LogP contribution >= 0.6 is 0 Å². The molecule has 0 amide bonds. The van der Waals surface area contributed by atoms with E-state index in [9.17, 15) is 0 Å². The number of nitrogens with two attached hydrogens (primary N) is 1. The van der Waals surface area contributed by atoms with Crippen LogP contribution in [0.2, 0.25) is 0 Å². The molecule has 13 heavy (non-hydrogen) atoms. The van der Waals surface area contributed by atoms with Gasteiger partial charge in [-0.3, -0.25) is 5.41 Å². The van der Waals surface area contributed by atoms with Gasteiger partial charge in [-0.05, 0) is 18.6 Å². The van der Waals surface area contributed by atoms with Crippen molar-refractivity contribution in [2.24, 2.45) is 5.73 Å². The second-order valence-corrected chi connectivity index (χ2v) is 3.27. The van der Waals surface area contributed by atoms with Crippen LogP contribution in [0.25, 0.3) is 0 Å². The molecule has 1 aromatic rings. The fourth-order valence-corrected chi connectivity index (χ4v) is 1.53. The van der Waals surface area contributed by atoms with Gasteiger partial charge in [0.05, 0.1) is 0 Å². The maximum Gasteiger partial charge on any atom is 0.124 e. The van der Waals surface area contributed by atoms with Gasteiger partial charge < -0.3 is 10.6 Å². The molecule has 1 aliphatic heterocycles. The van der Waals surface area contributed by atoms with Gasteiger partial charge >= 0.3 is 0 Å². The Morgan fingerprint density at radius 3 is 2.54 bits per heavy atom. The molecule has 0 radical (unpaired) electrons. The molecular formula is C10H13N3. The number of para-hydroxylation sites is 1. The third kappa shape index (κ3) is 1.37. The quantitative estimate of drug-likeness (QED) is 0.524. The van der Waals surface area contributed by atoms with Gasteiger partial charge in [-0.15, -0.1) is 0 Å². The highest BCUT2D eigenvalue weighted by Crippen LogP contribution is 2.24. The molecule has 3 nitrogen and oxygen atoms in total. The monoisotopic (exact) mass is 175 g/mol. The van der Waals surface area contributed by atoms with E-state index >= 15 is 0 Å². The van der Waals surface area contributed by atoms with Gasteiger partial charge in [0.15, 0.2) is 0 Å². The molecule has 1 aromatic carbocycles. The summed E-state index contributed by atoms with van der Waals surface area (Å²) in [6, 6.07) is 7.83. The van der Waals surface area contributed by atoms with Crippen LogP contribution in [0, 0.1) is 5.41 Å². The number of hydrogen-bond donors (Lipinski definition) is 2. The van der Waals surface area contributed by atoms with Crippen LogP contribution in [0.3, 0.4) is 0 Å². The molecule has 0 unspecified atom stereocenters. The number of hydrogen-bond acceptors (Lipinski definition) is 2. The summed E-state index contributed by atoms with van der Waals surface area (Å²) in [4.78, 5) is 2.25. The Hall–Kier alpha value is -1.51.